The van der Waals surface area contributed by atoms with Crippen LogP contribution in [0.25, 0.3) is 11.1 Å². The van der Waals surface area contributed by atoms with Gasteiger partial charge in [0.1, 0.15) is 18.1 Å². The predicted molar refractivity (Wildman–Crippen MR) is 90.2 cm³/mol. The number of ether oxygens (including phenoxy) is 3. The number of methoxy groups -OCH3 is 2. The van der Waals surface area contributed by atoms with Gasteiger partial charge in [0, 0.05) is 18.7 Å². The average Bonchev–Trinajstić information content (AvgIpc) is 2.60. The second kappa shape index (κ2) is 8.63. The Labute approximate surface area is 141 Å². The number of aliphatic hydroxyl groups is 2. The number of hydrogen-bond donors (Lipinski definition) is 2. The molecular weight excluding hydrogens is 310 g/mol. The van der Waals surface area contributed by atoms with E-state index < -0.39 is 0 Å². The Morgan fingerprint density at radius 1 is 0.958 bits per heavy atom. The van der Waals surface area contributed by atoms with Gasteiger partial charge in [-0.3, -0.25) is 4.98 Å². The Morgan fingerprint density at radius 2 is 1.62 bits per heavy atom. The van der Waals surface area contributed by atoms with Crippen LogP contribution in [0.2, 0.25) is 0 Å². The van der Waals surface area contributed by atoms with E-state index in [1.807, 2.05) is 19.1 Å². The standard InChI is InChI=1S/C18H23NO5/c1-12-6-16(24-5-4-22-2)9-17(23-3)18(12)13-7-14(10-20)19-15(8-13)11-21/h6-9,20-21H,4-5,10-11H2,1-3H3. The smallest absolute Gasteiger partial charge is 0.130 e. The van der Waals surface area contributed by atoms with Crippen molar-refractivity contribution in [3.05, 3.63) is 41.2 Å². The molecular formula is C18H23NO5. The monoisotopic (exact) mass is 333 g/mol. The van der Waals surface area contributed by atoms with E-state index in [2.05, 4.69) is 4.98 Å². The van der Waals surface area contributed by atoms with Crippen molar-refractivity contribution in [2.24, 2.45) is 0 Å². The molecule has 0 unspecified atom stereocenters. The minimum absolute atomic E-state index is 0.194. The van der Waals surface area contributed by atoms with Gasteiger partial charge in [-0.15, -0.1) is 0 Å². The summed E-state index contributed by atoms with van der Waals surface area (Å²) >= 11 is 0. The molecule has 0 spiro atoms. The van der Waals surface area contributed by atoms with Gasteiger partial charge in [-0.05, 0) is 36.2 Å². The number of aryl methyl sites for hydroxylation is 1. The van der Waals surface area contributed by atoms with Gasteiger partial charge in [0.05, 0.1) is 38.3 Å². The predicted octanol–water partition coefficient (Wildman–Crippen LogP) is 2.08. The molecule has 0 amide bonds. The van der Waals surface area contributed by atoms with E-state index in [-0.39, 0.29) is 13.2 Å². The Morgan fingerprint density at radius 3 is 2.17 bits per heavy atom. The molecule has 1 aromatic heterocycles. The molecule has 130 valence electrons. The maximum Gasteiger partial charge on any atom is 0.130 e. The van der Waals surface area contributed by atoms with Crippen LogP contribution in [0.5, 0.6) is 11.5 Å². The minimum Gasteiger partial charge on any atom is -0.496 e. The van der Waals surface area contributed by atoms with E-state index in [0.717, 1.165) is 16.7 Å². The summed E-state index contributed by atoms with van der Waals surface area (Å²) in [5.41, 5.74) is 3.66. The van der Waals surface area contributed by atoms with E-state index in [1.165, 1.54) is 0 Å². The lowest BCUT2D eigenvalue weighted by atomic mass is 9.98. The SMILES string of the molecule is COCCOc1cc(C)c(-c2cc(CO)nc(CO)c2)c(OC)c1. The van der Waals surface area contributed by atoms with Crippen LogP contribution in [0, 0.1) is 6.92 Å². The van der Waals surface area contributed by atoms with Crippen LogP contribution in [0.1, 0.15) is 17.0 Å². The summed E-state index contributed by atoms with van der Waals surface area (Å²) in [7, 11) is 3.22. The Balaban J connectivity index is 2.46. The summed E-state index contributed by atoms with van der Waals surface area (Å²) in [6, 6.07) is 7.31. The zero-order valence-corrected chi connectivity index (χ0v) is 14.2. The van der Waals surface area contributed by atoms with Crippen LogP contribution >= 0.6 is 0 Å². The number of nitrogens with zero attached hydrogens (tertiary/aromatic N) is 1. The van der Waals surface area contributed by atoms with Gasteiger partial charge in [-0.1, -0.05) is 0 Å². The lowest BCUT2D eigenvalue weighted by Crippen LogP contribution is -2.05. The highest BCUT2D eigenvalue weighted by Crippen LogP contribution is 2.37. The molecule has 2 N–H and O–H groups in total. The third-order valence-electron chi connectivity index (χ3n) is 3.59. The molecule has 0 aliphatic heterocycles. The van der Waals surface area contributed by atoms with Crippen LogP contribution in [-0.2, 0) is 18.0 Å². The summed E-state index contributed by atoms with van der Waals surface area (Å²) in [6.45, 7) is 2.53. The lowest BCUT2D eigenvalue weighted by molar-refractivity contribution is 0.146. The molecule has 2 rings (SSSR count). The highest BCUT2D eigenvalue weighted by molar-refractivity contribution is 5.75. The van der Waals surface area contributed by atoms with Crippen LogP contribution < -0.4 is 9.47 Å². The minimum atomic E-state index is -0.194. The number of hydrogen-bond acceptors (Lipinski definition) is 6. The van der Waals surface area contributed by atoms with Crippen molar-refractivity contribution in [1.82, 2.24) is 4.98 Å². The van der Waals surface area contributed by atoms with Gasteiger partial charge >= 0.3 is 0 Å². The third-order valence-corrected chi connectivity index (χ3v) is 3.59. The van der Waals surface area contributed by atoms with Crippen LogP contribution in [0.15, 0.2) is 24.3 Å². The zero-order valence-electron chi connectivity index (χ0n) is 14.2. The van der Waals surface area contributed by atoms with Crippen molar-refractivity contribution < 1.29 is 24.4 Å². The van der Waals surface area contributed by atoms with E-state index in [1.54, 1.807) is 26.4 Å². The molecule has 0 aliphatic carbocycles. The molecule has 1 heterocycles. The van der Waals surface area contributed by atoms with Crippen molar-refractivity contribution in [1.29, 1.82) is 0 Å². The second-order valence-electron chi connectivity index (χ2n) is 5.31. The first-order valence-corrected chi connectivity index (χ1v) is 7.65. The molecule has 6 heteroatoms. The first-order chi connectivity index (χ1) is 11.6. The maximum absolute atomic E-state index is 9.38. The van der Waals surface area contributed by atoms with E-state index in [0.29, 0.717) is 36.1 Å². The number of aliphatic hydroxyl groups excluding tert-OH is 2. The molecule has 0 bridgehead atoms. The molecule has 0 atom stereocenters. The first-order valence-electron chi connectivity index (χ1n) is 7.65. The second-order valence-corrected chi connectivity index (χ2v) is 5.31. The van der Waals surface area contributed by atoms with Crippen molar-refractivity contribution >= 4 is 0 Å². The quantitative estimate of drug-likeness (QED) is 0.720. The Hall–Kier alpha value is -2.15. The van der Waals surface area contributed by atoms with E-state index in [9.17, 15) is 10.2 Å². The molecule has 24 heavy (non-hydrogen) atoms. The average molecular weight is 333 g/mol. The van der Waals surface area contributed by atoms with Crippen molar-refractivity contribution in [2.45, 2.75) is 20.1 Å². The van der Waals surface area contributed by atoms with Gasteiger partial charge in [-0.25, -0.2) is 0 Å². The highest BCUT2D eigenvalue weighted by Gasteiger charge is 2.14. The molecule has 1 aromatic carbocycles. The summed E-state index contributed by atoms with van der Waals surface area (Å²) in [5.74, 6) is 1.35. The number of aromatic nitrogens is 1. The van der Waals surface area contributed by atoms with Crippen molar-refractivity contribution in [3.63, 3.8) is 0 Å². The molecule has 0 fully saturated rings. The van der Waals surface area contributed by atoms with Crippen molar-refractivity contribution in [2.75, 3.05) is 27.4 Å². The van der Waals surface area contributed by atoms with Gasteiger partial charge in [0.2, 0.25) is 0 Å². The van der Waals surface area contributed by atoms with E-state index >= 15 is 0 Å². The summed E-state index contributed by atoms with van der Waals surface area (Å²) in [4.78, 5) is 4.17. The van der Waals surface area contributed by atoms with Gasteiger partial charge < -0.3 is 24.4 Å². The molecule has 0 aliphatic rings. The largest absolute Gasteiger partial charge is 0.496 e. The van der Waals surface area contributed by atoms with Crippen LogP contribution in [-0.4, -0.2) is 42.6 Å². The molecule has 0 saturated carbocycles. The molecule has 6 nitrogen and oxygen atoms in total. The van der Waals surface area contributed by atoms with Gasteiger partial charge in [-0.2, -0.15) is 0 Å². The van der Waals surface area contributed by atoms with Gasteiger partial charge in [0.15, 0.2) is 0 Å². The number of benzene rings is 1. The summed E-state index contributed by atoms with van der Waals surface area (Å²) in [5, 5.41) is 18.8. The first kappa shape index (κ1) is 18.2. The maximum atomic E-state index is 9.38. The summed E-state index contributed by atoms with van der Waals surface area (Å²) in [6.07, 6.45) is 0. The highest BCUT2D eigenvalue weighted by atomic mass is 16.5. The fourth-order valence-corrected chi connectivity index (χ4v) is 2.54. The number of rotatable bonds is 8. The third kappa shape index (κ3) is 4.23. The van der Waals surface area contributed by atoms with Crippen LogP contribution in [0.4, 0.5) is 0 Å². The topological polar surface area (TPSA) is 81.0 Å². The Bertz CT molecular complexity index is 665. The van der Waals surface area contributed by atoms with Gasteiger partial charge in [0.25, 0.3) is 0 Å². The lowest BCUT2D eigenvalue weighted by Gasteiger charge is -2.16. The van der Waals surface area contributed by atoms with E-state index in [4.69, 9.17) is 14.2 Å². The molecule has 0 saturated heterocycles. The summed E-state index contributed by atoms with van der Waals surface area (Å²) < 4.78 is 16.2. The fourth-order valence-electron chi connectivity index (χ4n) is 2.54. The normalized spacial score (nSPS) is 10.7. The Kier molecular flexibility index (Phi) is 6.54. The molecule has 0 radical (unpaired) electrons. The van der Waals surface area contributed by atoms with Crippen LogP contribution in [0.3, 0.4) is 0 Å². The zero-order chi connectivity index (χ0) is 17.5. The fraction of sp³-hybridized carbons (Fsp3) is 0.389. The number of pyridine rings is 1. The molecule has 2 aromatic rings. The van der Waals surface area contributed by atoms with Crippen molar-refractivity contribution in [3.8, 4) is 22.6 Å².